The summed E-state index contributed by atoms with van der Waals surface area (Å²) in [7, 11) is 0. The van der Waals surface area contributed by atoms with Gasteiger partial charge in [-0.15, -0.1) is 0 Å². The van der Waals surface area contributed by atoms with E-state index in [1.165, 1.54) is 13.0 Å². The number of amides is 1. The van der Waals surface area contributed by atoms with E-state index >= 15 is 0 Å². The van der Waals surface area contributed by atoms with Crippen LogP contribution in [0.15, 0.2) is 57.7 Å². The van der Waals surface area contributed by atoms with Crippen molar-refractivity contribution in [3.8, 4) is 17.1 Å². The van der Waals surface area contributed by atoms with Crippen molar-refractivity contribution >= 4 is 22.6 Å². The van der Waals surface area contributed by atoms with E-state index in [4.69, 9.17) is 9.15 Å². The van der Waals surface area contributed by atoms with E-state index in [1.54, 1.807) is 18.2 Å². The lowest BCUT2D eigenvalue weighted by Gasteiger charge is -2.10. The fourth-order valence-electron chi connectivity index (χ4n) is 2.52. The first-order valence-electron chi connectivity index (χ1n) is 7.66. The average molecular weight is 323 g/mol. The molecule has 1 aromatic heterocycles. The van der Waals surface area contributed by atoms with E-state index in [2.05, 4.69) is 5.32 Å². The number of fused-ring (bicyclic) bond motifs is 1. The second-order valence-corrected chi connectivity index (χ2v) is 5.30. The van der Waals surface area contributed by atoms with Gasteiger partial charge in [-0.25, -0.2) is 0 Å². The molecule has 2 aromatic carbocycles. The van der Waals surface area contributed by atoms with Gasteiger partial charge >= 0.3 is 0 Å². The molecule has 1 amide bonds. The van der Waals surface area contributed by atoms with Gasteiger partial charge in [0.15, 0.2) is 5.43 Å². The predicted octanol–water partition coefficient (Wildman–Crippen LogP) is 3.82. The number of nitrogens with one attached hydrogen (secondary N) is 1. The maximum atomic E-state index is 12.4. The first-order chi connectivity index (χ1) is 11.6. The van der Waals surface area contributed by atoms with E-state index in [9.17, 15) is 9.59 Å². The Labute approximate surface area is 138 Å². The summed E-state index contributed by atoms with van der Waals surface area (Å²) in [5.41, 5.74) is 1.55. The molecule has 5 nitrogen and oxygen atoms in total. The quantitative estimate of drug-likeness (QED) is 0.792. The van der Waals surface area contributed by atoms with E-state index in [1.807, 2.05) is 31.2 Å². The molecule has 0 saturated heterocycles. The SMILES string of the molecule is CCOc1ccccc1-c1cc(=O)c2ccc(NC(C)=O)cc2o1. The van der Waals surface area contributed by atoms with Crippen molar-refractivity contribution in [1.82, 2.24) is 0 Å². The first kappa shape index (κ1) is 15.8. The van der Waals surface area contributed by atoms with Crippen molar-refractivity contribution in [1.29, 1.82) is 0 Å². The van der Waals surface area contributed by atoms with Gasteiger partial charge in [-0.1, -0.05) is 12.1 Å². The first-order valence-corrected chi connectivity index (χ1v) is 7.66. The Balaban J connectivity index is 2.16. The molecule has 3 aromatic rings. The third-order valence-corrected chi connectivity index (χ3v) is 3.50. The lowest BCUT2D eigenvalue weighted by molar-refractivity contribution is -0.114. The smallest absolute Gasteiger partial charge is 0.221 e. The number of para-hydroxylation sites is 1. The summed E-state index contributed by atoms with van der Waals surface area (Å²) >= 11 is 0. The fourth-order valence-corrected chi connectivity index (χ4v) is 2.52. The highest BCUT2D eigenvalue weighted by molar-refractivity contribution is 5.91. The number of rotatable bonds is 4. The minimum absolute atomic E-state index is 0.146. The largest absolute Gasteiger partial charge is 0.493 e. The van der Waals surface area contributed by atoms with E-state index in [-0.39, 0.29) is 11.3 Å². The van der Waals surface area contributed by atoms with Crippen LogP contribution in [0.1, 0.15) is 13.8 Å². The number of benzene rings is 2. The molecule has 0 fully saturated rings. The van der Waals surface area contributed by atoms with Crippen LogP contribution < -0.4 is 15.5 Å². The molecule has 0 aliphatic carbocycles. The van der Waals surface area contributed by atoms with Crippen LogP contribution in [-0.4, -0.2) is 12.5 Å². The van der Waals surface area contributed by atoms with Gasteiger partial charge in [-0.05, 0) is 31.2 Å². The maximum absolute atomic E-state index is 12.4. The van der Waals surface area contributed by atoms with Crippen LogP contribution in [0.3, 0.4) is 0 Å². The predicted molar refractivity (Wildman–Crippen MR) is 93.4 cm³/mol. The molecule has 0 spiro atoms. The Hall–Kier alpha value is -3.08. The number of hydrogen-bond donors (Lipinski definition) is 1. The summed E-state index contributed by atoms with van der Waals surface area (Å²) in [5.74, 6) is 0.895. The van der Waals surface area contributed by atoms with Crippen molar-refractivity contribution in [2.75, 3.05) is 11.9 Å². The topological polar surface area (TPSA) is 68.5 Å². The van der Waals surface area contributed by atoms with Crippen molar-refractivity contribution in [2.24, 2.45) is 0 Å². The average Bonchev–Trinajstić information content (AvgIpc) is 2.54. The van der Waals surface area contributed by atoms with Crippen LogP contribution in [0, 0.1) is 0 Å². The van der Waals surface area contributed by atoms with E-state index in [0.29, 0.717) is 40.3 Å². The normalized spacial score (nSPS) is 10.6. The standard InChI is InChI=1S/C19H17NO4/c1-3-23-17-7-5-4-6-15(17)19-11-16(22)14-9-8-13(20-12(2)21)10-18(14)24-19/h4-11H,3H2,1-2H3,(H,20,21). The highest BCUT2D eigenvalue weighted by Gasteiger charge is 2.12. The second kappa shape index (κ2) is 6.58. The van der Waals surface area contributed by atoms with Crippen LogP contribution in [0.25, 0.3) is 22.3 Å². The van der Waals surface area contributed by atoms with Gasteiger partial charge in [-0.3, -0.25) is 9.59 Å². The highest BCUT2D eigenvalue weighted by atomic mass is 16.5. The van der Waals surface area contributed by atoms with Gasteiger partial charge < -0.3 is 14.5 Å². The third-order valence-electron chi connectivity index (χ3n) is 3.50. The van der Waals surface area contributed by atoms with Gasteiger partial charge in [0, 0.05) is 24.7 Å². The zero-order chi connectivity index (χ0) is 17.1. The number of carbonyl (C=O) groups is 1. The maximum Gasteiger partial charge on any atom is 0.221 e. The van der Waals surface area contributed by atoms with Crippen LogP contribution in [0.4, 0.5) is 5.69 Å². The van der Waals surface area contributed by atoms with E-state index < -0.39 is 0 Å². The van der Waals surface area contributed by atoms with E-state index in [0.717, 1.165) is 0 Å². The summed E-state index contributed by atoms with van der Waals surface area (Å²) in [5, 5.41) is 3.14. The van der Waals surface area contributed by atoms with Gasteiger partial charge in [0.1, 0.15) is 17.1 Å². The van der Waals surface area contributed by atoms with Crippen LogP contribution in [-0.2, 0) is 4.79 Å². The Morgan fingerprint density at radius 1 is 1.17 bits per heavy atom. The number of carbonyl (C=O) groups excluding carboxylic acids is 1. The van der Waals surface area contributed by atoms with Crippen molar-refractivity contribution in [2.45, 2.75) is 13.8 Å². The third kappa shape index (κ3) is 3.15. The molecule has 1 heterocycles. The van der Waals surface area contributed by atoms with Crippen molar-refractivity contribution in [3.05, 3.63) is 58.8 Å². The van der Waals surface area contributed by atoms with Crippen molar-refractivity contribution < 1.29 is 13.9 Å². The zero-order valence-corrected chi connectivity index (χ0v) is 13.5. The summed E-state index contributed by atoms with van der Waals surface area (Å²) in [6.45, 7) is 3.84. The highest BCUT2D eigenvalue weighted by Crippen LogP contribution is 2.31. The lowest BCUT2D eigenvalue weighted by Crippen LogP contribution is -2.06. The van der Waals surface area contributed by atoms with Gasteiger partial charge in [0.05, 0.1) is 17.6 Å². The minimum Gasteiger partial charge on any atom is -0.493 e. The summed E-state index contributed by atoms with van der Waals surface area (Å²) < 4.78 is 11.5. The van der Waals surface area contributed by atoms with Crippen LogP contribution >= 0.6 is 0 Å². The summed E-state index contributed by atoms with van der Waals surface area (Å²) in [6, 6.07) is 13.8. The molecule has 24 heavy (non-hydrogen) atoms. The Kier molecular flexibility index (Phi) is 4.33. The van der Waals surface area contributed by atoms with Gasteiger partial charge in [0.2, 0.25) is 5.91 Å². The molecular weight excluding hydrogens is 306 g/mol. The van der Waals surface area contributed by atoms with Crippen LogP contribution in [0.5, 0.6) is 5.75 Å². The number of hydrogen-bond acceptors (Lipinski definition) is 4. The summed E-state index contributed by atoms with van der Waals surface area (Å²) in [4.78, 5) is 23.6. The van der Waals surface area contributed by atoms with Gasteiger partial charge in [0.25, 0.3) is 0 Å². The molecule has 0 aliphatic rings. The molecule has 0 aliphatic heterocycles. The second-order valence-electron chi connectivity index (χ2n) is 5.30. The van der Waals surface area contributed by atoms with Crippen LogP contribution in [0.2, 0.25) is 0 Å². The molecule has 0 bridgehead atoms. The number of anilines is 1. The monoisotopic (exact) mass is 323 g/mol. The summed E-state index contributed by atoms with van der Waals surface area (Å²) in [6.07, 6.45) is 0. The molecular formula is C19H17NO4. The molecule has 122 valence electrons. The van der Waals surface area contributed by atoms with Gasteiger partial charge in [-0.2, -0.15) is 0 Å². The molecule has 1 N–H and O–H groups in total. The number of ether oxygens (including phenoxy) is 1. The molecule has 0 atom stereocenters. The zero-order valence-electron chi connectivity index (χ0n) is 13.5. The molecule has 0 saturated carbocycles. The Bertz CT molecular complexity index is 959. The molecule has 0 radical (unpaired) electrons. The Morgan fingerprint density at radius 3 is 2.71 bits per heavy atom. The molecule has 5 heteroatoms. The molecule has 0 unspecified atom stereocenters. The fraction of sp³-hybridized carbons (Fsp3) is 0.158. The van der Waals surface area contributed by atoms with Crippen molar-refractivity contribution in [3.63, 3.8) is 0 Å². The molecule has 3 rings (SSSR count). The minimum atomic E-state index is -0.186. The Morgan fingerprint density at radius 2 is 1.96 bits per heavy atom. The lowest BCUT2D eigenvalue weighted by atomic mass is 10.1.